The Bertz CT molecular complexity index is 637. The zero-order chi connectivity index (χ0) is 15.1. The Morgan fingerprint density at radius 1 is 1.30 bits per heavy atom. The minimum absolute atomic E-state index is 0.0489. The highest BCUT2D eigenvalue weighted by molar-refractivity contribution is 9.10. The van der Waals surface area contributed by atoms with Crippen LogP contribution in [0.1, 0.15) is 18.4 Å². The minimum atomic E-state index is -4.68. The van der Waals surface area contributed by atoms with Crippen LogP contribution in [-0.2, 0) is 5.54 Å². The lowest BCUT2D eigenvalue weighted by Crippen LogP contribution is -2.47. The molecule has 108 valence electrons. The van der Waals surface area contributed by atoms with E-state index < -0.39 is 17.6 Å². The number of nitrogens with two attached hydrogens (primary N) is 1. The predicted octanol–water partition coefficient (Wildman–Crippen LogP) is 3.54. The van der Waals surface area contributed by atoms with Crippen molar-refractivity contribution in [3.63, 3.8) is 0 Å². The van der Waals surface area contributed by atoms with E-state index in [0.717, 1.165) is 12.5 Å². The Hall–Kier alpha value is -1.41. The molecule has 0 aliphatic heterocycles. The van der Waals surface area contributed by atoms with Gasteiger partial charge in [0.2, 0.25) is 5.82 Å². The lowest BCUT2D eigenvalue weighted by molar-refractivity contribution is -0.190. The summed E-state index contributed by atoms with van der Waals surface area (Å²) in [5, 5.41) is 3.56. The Balaban J connectivity index is 2.44. The molecule has 0 saturated carbocycles. The summed E-state index contributed by atoms with van der Waals surface area (Å²) in [5.41, 5.74) is 4.07. The zero-order valence-corrected chi connectivity index (χ0v) is 12.2. The average molecular weight is 350 g/mol. The summed E-state index contributed by atoms with van der Waals surface area (Å²) in [6.45, 7) is 2.67. The summed E-state index contributed by atoms with van der Waals surface area (Å²) >= 11 is 3.31. The lowest BCUT2D eigenvalue weighted by atomic mass is 10.0. The second kappa shape index (κ2) is 4.85. The van der Waals surface area contributed by atoms with Crippen LogP contribution in [0.5, 0.6) is 0 Å². The molecule has 0 saturated heterocycles. The standard InChI is InChI=1S/C12H11BrF3N3O/c1-6-3-4-7(8(13)5-6)9-18-10(20-19-9)11(2,17)12(14,15)16/h3-5H,17H2,1-2H3. The normalized spacial score (nSPS) is 15.2. The van der Waals surface area contributed by atoms with Gasteiger partial charge in [-0.05, 0) is 31.5 Å². The van der Waals surface area contributed by atoms with Crippen molar-refractivity contribution in [2.75, 3.05) is 0 Å². The first-order valence-electron chi connectivity index (χ1n) is 5.59. The van der Waals surface area contributed by atoms with Gasteiger partial charge < -0.3 is 10.3 Å². The number of aryl methyl sites for hydroxylation is 1. The maximum atomic E-state index is 12.8. The highest BCUT2D eigenvalue weighted by atomic mass is 79.9. The third kappa shape index (κ3) is 2.57. The van der Waals surface area contributed by atoms with E-state index in [9.17, 15) is 13.2 Å². The fourth-order valence-electron chi connectivity index (χ4n) is 1.47. The Kier molecular flexibility index (Phi) is 3.64. The van der Waals surface area contributed by atoms with Crippen LogP contribution in [0.25, 0.3) is 11.4 Å². The van der Waals surface area contributed by atoms with Gasteiger partial charge in [0.15, 0.2) is 5.54 Å². The summed E-state index contributed by atoms with van der Waals surface area (Å²) in [6, 6.07) is 5.29. The molecule has 2 rings (SSSR count). The quantitative estimate of drug-likeness (QED) is 0.900. The van der Waals surface area contributed by atoms with Crippen molar-refractivity contribution in [3.8, 4) is 11.4 Å². The van der Waals surface area contributed by atoms with Crippen LogP contribution in [0, 0.1) is 6.92 Å². The molecular weight excluding hydrogens is 339 g/mol. The van der Waals surface area contributed by atoms with E-state index in [1.54, 1.807) is 18.2 Å². The summed E-state index contributed by atoms with van der Waals surface area (Å²) < 4.78 is 43.7. The fraction of sp³-hybridized carbons (Fsp3) is 0.333. The van der Waals surface area contributed by atoms with Crippen LogP contribution < -0.4 is 5.73 Å². The molecule has 1 atom stereocenters. The molecule has 0 aliphatic rings. The van der Waals surface area contributed by atoms with Gasteiger partial charge in [0.05, 0.1) is 0 Å². The Labute approximate surface area is 121 Å². The summed E-state index contributed by atoms with van der Waals surface area (Å²) in [4.78, 5) is 3.76. The first-order chi connectivity index (χ1) is 9.13. The van der Waals surface area contributed by atoms with E-state index >= 15 is 0 Å². The van der Waals surface area contributed by atoms with Crippen molar-refractivity contribution in [3.05, 3.63) is 34.1 Å². The number of halogens is 4. The summed E-state index contributed by atoms with van der Waals surface area (Å²) in [7, 11) is 0. The molecule has 8 heteroatoms. The van der Waals surface area contributed by atoms with Gasteiger partial charge >= 0.3 is 6.18 Å². The average Bonchev–Trinajstić information content (AvgIpc) is 2.77. The zero-order valence-electron chi connectivity index (χ0n) is 10.6. The van der Waals surface area contributed by atoms with E-state index in [4.69, 9.17) is 5.73 Å². The van der Waals surface area contributed by atoms with Crippen molar-refractivity contribution in [2.24, 2.45) is 5.73 Å². The van der Waals surface area contributed by atoms with Gasteiger partial charge in [0, 0.05) is 10.0 Å². The summed E-state index contributed by atoms with van der Waals surface area (Å²) in [6.07, 6.45) is -4.68. The van der Waals surface area contributed by atoms with Crippen molar-refractivity contribution < 1.29 is 17.7 Å². The molecule has 0 spiro atoms. The monoisotopic (exact) mass is 349 g/mol. The molecule has 1 unspecified atom stereocenters. The molecule has 0 amide bonds. The maximum absolute atomic E-state index is 12.8. The molecule has 0 radical (unpaired) electrons. The van der Waals surface area contributed by atoms with Crippen LogP contribution in [0.2, 0.25) is 0 Å². The molecule has 1 aromatic heterocycles. The number of nitrogens with zero attached hydrogens (tertiary/aromatic N) is 2. The first kappa shape index (κ1) is 15.0. The number of hydrogen-bond acceptors (Lipinski definition) is 4. The number of aromatic nitrogens is 2. The molecule has 0 aliphatic carbocycles. The van der Waals surface area contributed by atoms with Gasteiger partial charge in [0.25, 0.3) is 5.89 Å². The second-order valence-corrected chi connectivity index (χ2v) is 5.46. The van der Waals surface area contributed by atoms with Crippen LogP contribution in [0.3, 0.4) is 0 Å². The van der Waals surface area contributed by atoms with Crippen molar-refractivity contribution in [1.82, 2.24) is 10.1 Å². The SMILES string of the molecule is Cc1ccc(-c2noc(C(C)(N)C(F)(F)F)n2)c(Br)c1. The van der Waals surface area contributed by atoms with Gasteiger partial charge in [-0.15, -0.1) is 0 Å². The molecular formula is C12H11BrF3N3O. The number of hydrogen-bond donors (Lipinski definition) is 1. The third-order valence-corrected chi connectivity index (χ3v) is 3.48. The molecule has 20 heavy (non-hydrogen) atoms. The number of alkyl halides is 3. The van der Waals surface area contributed by atoms with Gasteiger partial charge in [-0.1, -0.05) is 27.2 Å². The van der Waals surface area contributed by atoms with E-state index in [2.05, 4.69) is 30.6 Å². The van der Waals surface area contributed by atoms with E-state index in [1.807, 2.05) is 6.92 Å². The van der Waals surface area contributed by atoms with Crippen LogP contribution in [-0.4, -0.2) is 16.3 Å². The Morgan fingerprint density at radius 2 is 1.95 bits per heavy atom. The molecule has 2 aromatic rings. The number of rotatable bonds is 2. The van der Waals surface area contributed by atoms with Crippen molar-refractivity contribution >= 4 is 15.9 Å². The molecule has 0 fully saturated rings. The topological polar surface area (TPSA) is 64.9 Å². The van der Waals surface area contributed by atoms with Crippen LogP contribution in [0.15, 0.2) is 27.2 Å². The predicted molar refractivity (Wildman–Crippen MR) is 69.8 cm³/mol. The van der Waals surface area contributed by atoms with E-state index in [0.29, 0.717) is 10.0 Å². The fourth-order valence-corrected chi connectivity index (χ4v) is 2.14. The number of benzene rings is 1. The van der Waals surface area contributed by atoms with Gasteiger partial charge in [-0.3, -0.25) is 0 Å². The third-order valence-electron chi connectivity index (χ3n) is 2.82. The molecule has 0 bridgehead atoms. The first-order valence-corrected chi connectivity index (χ1v) is 6.38. The van der Waals surface area contributed by atoms with Gasteiger partial charge in [-0.2, -0.15) is 18.2 Å². The smallest absolute Gasteiger partial charge is 0.337 e. The largest absolute Gasteiger partial charge is 0.415 e. The molecule has 4 nitrogen and oxygen atoms in total. The van der Waals surface area contributed by atoms with Gasteiger partial charge in [0.1, 0.15) is 0 Å². The molecule has 2 N–H and O–H groups in total. The minimum Gasteiger partial charge on any atom is -0.337 e. The van der Waals surface area contributed by atoms with Crippen molar-refractivity contribution in [2.45, 2.75) is 25.6 Å². The van der Waals surface area contributed by atoms with Crippen LogP contribution in [0.4, 0.5) is 13.2 Å². The van der Waals surface area contributed by atoms with E-state index in [-0.39, 0.29) is 5.82 Å². The van der Waals surface area contributed by atoms with Gasteiger partial charge in [-0.25, -0.2) is 0 Å². The van der Waals surface area contributed by atoms with Crippen molar-refractivity contribution in [1.29, 1.82) is 0 Å². The molecule has 1 heterocycles. The lowest BCUT2D eigenvalue weighted by Gasteiger charge is -2.22. The maximum Gasteiger partial charge on any atom is 0.415 e. The highest BCUT2D eigenvalue weighted by Gasteiger charge is 2.53. The summed E-state index contributed by atoms with van der Waals surface area (Å²) in [5.74, 6) is -0.625. The van der Waals surface area contributed by atoms with Crippen LogP contribution >= 0.6 is 15.9 Å². The molecule has 1 aromatic carbocycles. The second-order valence-electron chi connectivity index (χ2n) is 4.61. The highest BCUT2D eigenvalue weighted by Crippen LogP contribution is 2.36. The van der Waals surface area contributed by atoms with E-state index in [1.165, 1.54) is 0 Å². The Morgan fingerprint density at radius 3 is 2.50 bits per heavy atom.